The van der Waals surface area contributed by atoms with Crippen molar-refractivity contribution in [1.29, 1.82) is 0 Å². The summed E-state index contributed by atoms with van der Waals surface area (Å²) in [6.45, 7) is 3.17. The van der Waals surface area contributed by atoms with Crippen molar-refractivity contribution in [3.05, 3.63) is 29.8 Å². The molecule has 0 aromatic heterocycles. The molecule has 1 atom stereocenters. The van der Waals surface area contributed by atoms with Crippen LogP contribution in [-0.4, -0.2) is 18.3 Å². The van der Waals surface area contributed by atoms with Crippen LogP contribution in [0.15, 0.2) is 23.1 Å². The second-order valence-corrected chi connectivity index (χ2v) is 5.77. The second-order valence-electron chi connectivity index (χ2n) is 4.67. The van der Waals surface area contributed by atoms with Crippen molar-refractivity contribution < 1.29 is 8.78 Å². The van der Waals surface area contributed by atoms with Gasteiger partial charge in [-0.15, -0.1) is 11.8 Å². The molecule has 0 heterocycles. The molecular formula is C13H17F2NS. The summed E-state index contributed by atoms with van der Waals surface area (Å²) in [5.41, 5.74) is 0. The first-order chi connectivity index (χ1) is 8.15. The maximum atomic E-state index is 13.0. The molecule has 17 heavy (non-hydrogen) atoms. The highest BCUT2D eigenvalue weighted by molar-refractivity contribution is 7.99. The maximum Gasteiger partial charge on any atom is 0.159 e. The van der Waals surface area contributed by atoms with Gasteiger partial charge in [0.2, 0.25) is 0 Å². The molecule has 0 radical (unpaired) electrons. The van der Waals surface area contributed by atoms with E-state index in [4.69, 9.17) is 0 Å². The molecular weight excluding hydrogens is 240 g/mol. The normalized spacial score (nSPS) is 17.1. The van der Waals surface area contributed by atoms with Crippen LogP contribution in [0.5, 0.6) is 0 Å². The molecule has 1 aliphatic carbocycles. The Hall–Kier alpha value is -0.610. The van der Waals surface area contributed by atoms with Crippen LogP contribution in [0.2, 0.25) is 0 Å². The van der Waals surface area contributed by atoms with Crippen molar-refractivity contribution in [2.45, 2.75) is 30.7 Å². The summed E-state index contributed by atoms with van der Waals surface area (Å²) in [4.78, 5) is 0.794. The van der Waals surface area contributed by atoms with Gasteiger partial charge in [-0.25, -0.2) is 8.78 Å². The summed E-state index contributed by atoms with van der Waals surface area (Å²) in [5, 5.41) is 3.47. The zero-order chi connectivity index (χ0) is 12.3. The summed E-state index contributed by atoms with van der Waals surface area (Å²) in [7, 11) is 0. The van der Waals surface area contributed by atoms with E-state index in [1.807, 2.05) is 0 Å². The molecule has 4 heteroatoms. The summed E-state index contributed by atoms with van der Waals surface area (Å²) >= 11 is 1.58. The van der Waals surface area contributed by atoms with Crippen LogP contribution in [0.1, 0.15) is 19.8 Å². The van der Waals surface area contributed by atoms with Gasteiger partial charge in [-0.3, -0.25) is 0 Å². The molecule has 1 fully saturated rings. The Labute approximate surface area is 105 Å². The molecule has 1 unspecified atom stereocenters. The molecule has 1 aliphatic rings. The largest absolute Gasteiger partial charge is 0.314 e. The lowest BCUT2D eigenvalue weighted by molar-refractivity contribution is 0.506. The van der Waals surface area contributed by atoms with Crippen LogP contribution in [0.4, 0.5) is 8.78 Å². The predicted molar refractivity (Wildman–Crippen MR) is 67.3 cm³/mol. The third kappa shape index (κ3) is 4.28. The third-order valence-electron chi connectivity index (χ3n) is 2.76. The van der Waals surface area contributed by atoms with Gasteiger partial charge in [0.15, 0.2) is 11.6 Å². The number of thioether (sulfide) groups is 1. The van der Waals surface area contributed by atoms with Crippen LogP contribution in [0, 0.1) is 17.6 Å². The average Bonchev–Trinajstić information content (AvgIpc) is 3.12. The van der Waals surface area contributed by atoms with E-state index in [0.29, 0.717) is 5.92 Å². The Bertz CT molecular complexity index is 380. The Morgan fingerprint density at radius 2 is 2.12 bits per heavy atom. The first kappa shape index (κ1) is 12.8. The van der Waals surface area contributed by atoms with E-state index in [1.165, 1.54) is 25.0 Å². The quantitative estimate of drug-likeness (QED) is 0.783. The molecule has 1 nitrogen and oxygen atoms in total. The van der Waals surface area contributed by atoms with Gasteiger partial charge in [0.05, 0.1) is 0 Å². The van der Waals surface area contributed by atoms with Gasteiger partial charge in [-0.2, -0.15) is 0 Å². The van der Waals surface area contributed by atoms with Crippen LogP contribution >= 0.6 is 11.8 Å². The Kier molecular flexibility index (Phi) is 4.40. The van der Waals surface area contributed by atoms with E-state index in [-0.39, 0.29) is 0 Å². The zero-order valence-electron chi connectivity index (χ0n) is 9.88. The minimum atomic E-state index is -0.780. The third-order valence-corrected chi connectivity index (χ3v) is 4.08. The number of benzene rings is 1. The summed E-state index contributed by atoms with van der Waals surface area (Å²) in [6.07, 6.45) is 2.59. The maximum absolute atomic E-state index is 13.0. The van der Waals surface area contributed by atoms with Gasteiger partial charge in [0.1, 0.15) is 0 Å². The van der Waals surface area contributed by atoms with Gasteiger partial charge in [0.25, 0.3) is 0 Å². The monoisotopic (exact) mass is 257 g/mol. The number of hydrogen-bond donors (Lipinski definition) is 1. The SMILES string of the molecule is CC(CNC1CC1)CSc1ccc(F)c(F)c1. The fourth-order valence-electron chi connectivity index (χ4n) is 1.52. The van der Waals surface area contributed by atoms with Crippen molar-refractivity contribution in [2.24, 2.45) is 5.92 Å². The van der Waals surface area contributed by atoms with Crippen molar-refractivity contribution in [2.75, 3.05) is 12.3 Å². The van der Waals surface area contributed by atoms with Crippen LogP contribution < -0.4 is 5.32 Å². The van der Waals surface area contributed by atoms with E-state index in [9.17, 15) is 8.78 Å². The van der Waals surface area contributed by atoms with E-state index < -0.39 is 11.6 Å². The Morgan fingerprint density at radius 1 is 1.35 bits per heavy atom. The molecule has 1 saturated carbocycles. The molecule has 0 bridgehead atoms. The standard InChI is InChI=1S/C13H17F2NS/c1-9(7-16-10-2-3-10)8-17-11-4-5-12(14)13(15)6-11/h4-6,9-10,16H,2-3,7-8H2,1H3. The molecule has 94 valence electrons. The Balaban J connectivity index is 1.73. The topological polar surface area (TPSA) is 12.0 Å². The number of hydrogen-bond acceptors (Lipinski definition) is 2. The van der Waals surface area contributed by atoms with E-state index in [2.05, 4.69) is 12.2 Å². The molecule has 0 saturated heterocycles. The van der Waals surface area contributed by atoms with Crippen molar-refractivity contribution in [1.82, 2.24) is 5.32 Å². The fourth-order valence-corrected chi connectivity index (χ4v) is 2.47. The van der Waals surface area contributed by atoms with Gasteiger partial charge in [-0.1, -0.05) is 6.92 Å². The average molecular weight is 257 g/mol. The van der Waals surface area contributed by atoms with Crippen LogP contribution in [-0.2, 0) is 0 Å². The number of rotatable bonds is 6. The molecule has 0 aliphatic heterocycles. The second kappa shape index (κ2) is 5.83. The fraction of sp³-hybridized carbons (Fsp3) is 0.538. The number of halogens is 2. The molecule has 0 spiro atoms. The highest BCUT2D eigenvalue weighted by Gasteiger charge is 2.20. The molecule has 1 aromatic rings. The van der Waals surface area contributed by atoms with Crippen molar-refractivity contribution in [3.63, 3.8) is 0 Å². The van der Waals surface area contributed by atoms with Gasteiger partial charge >= 0.3 is 0 Å². The number of nitrogens with one attached hydrogen (secondary N) is 1. The van der Waals surface area contributed by atoms with Crippen LogP contribution in [0.3, 0.4) is 0 Å². The van der Waals surface area contributed by atoms with Gasteiger partial charge < -0.3 is 5.32 Å². The molecule has 2 rings (SSSR count). The van der Waals surface area contributed by atoms with Gasteiger partial charge in [0, 0.05) is 16.7 Å². The lowest BCUT2D eigenvalue weighted by Crippen LogP contribution is -2.24. The van der Waals surface area contributed by atoms with E-state index >= 15 is 0 Å². The minimum absolute atomic E-state index is 0.536. The zero-order valence-corrected chi connectivity index (χ0v) is 10.7. The van der Waals surface area contributed by atoms with Gasteiger partial charge in [-0.05, 0) is 43.5 Å². The minimum Gasteiger partial charge on any atom is -0.314 e. The van der Waals surface area contributed by atoms with Crippen molar-refractivity contribution in [3.8, 4) is 0 Å². The summed E-state index contributed by atoms with van der Waals surface area (Å²) in [6, 6.07) is 4.81. The smallest absolute Gasteiger partial charge is 0.159 e. The highest BCUT2D eigenvalue weighted by atomic mass is 32.2. The highest BCUT2D eigenvalue weighted by Crippen LogP contribution is 2.23. The molecule has 1 N–H and O–H groups in total. The van der Waals surface area contributed by atoms with Crippen molar-refractivity contribution >= 4 is 11.8 Å². The van der Waals surface area contributed by atoms with Crippen LogP contribution in [0.25, 0.3) is 0 Å². The predicted octanol–water partition coefficient (Wildman–Crippen LogP) is 3.45. The van der Waals surface area contributed by atoms with E-state index in [1.54, 1.807) is 17.8 Å². The van der Waals surface area contributed by atoms with E-state index in [0.717, 1.165) is 23.2 Å². The summed E-state index contributed by atoms with van der Waals surface area (Å²) < 4.78 is 25.7. The lowest BCUT2D eigenvalue weighted by Gasteiger charge is -2.11. The first-order valence-electron chi connectivity index (χ1n) is 5.96. The molecule has 1 aromatic carbocycles. The molecule has 0 amide bonds. The lowest BCUT2D eigenvalue weighted by atomic mass is 10.2. The first-order valence-corrected chi connectivity index (χ1v) is 6.95. The summed E-state index contributed by atoms with van der Waals surface area (Å²) in [5.74, 6) is -0.0876. The Morgan fingerprint density at radius 3 is 2.76 bits per heavy atom.